The molecule has 1 aromatic rings. The third-order valence-corrected chi connectivity index (χ3v) is 5.79. The number of piperazine rings is 1. The van der Waals surface area contributed by atoms with E-state index >= 15 is 0 Å². The molecule has 1 aliphatic rings. The summed E-state index contributed by atoms with van der Waals surface area (Å²) < 4.78 is 27.3. The number of benzene rings is 1. The molecule has 0 aromatic heterocycles. The van der Waals surface area contributed by atoms with Gasteiger partial charge in [0.25, 0.3) is 0 Å². The van der Waals surface area contributed by atoms with E-state index in [-0.39, 0.29) is 11.8 Å². The number of hydrogen-bond donors (Lipinski definition) is 1. The first-order chi connectivity index (χ1) is 9.75. The van der Waals surface area contributed by atoms with E-state index in [9.17, 15) is 13.2 Å². The van der Waals surface area contributed by atoms with Gasteiger partial charge in [-0.3, -0.25) is 4.79 Å². The monoisotopic (exact) mass is 310 g/mol. The molecule has 0 aliphatic carbocycles. The minimum Gasteiger partial charge on any atom is -0.353 e. The zero-order valence-corrected chi connectivity index (χ0v) is 13.7. The van der Waals surface area contributed by atoms with Crippen LogP contribution in [0.2, 0.25) is 0 Å². The molecule has 1 aromatic carbocycles. The highest BCUT2D eigenvalue weighted by molar-refractivity contribution is 7.89. The lowest BCUT2D eigenvalue weighted by atomic mass is 10.0. The molecule has 1 aliphatic heterocycles. The van der Waals surface area contributed by atoms with Crippen LogP contribution in [0.1, 0.15) is 25.0 Å². The van der Waals surface area contributed by atoms with Crippen LogP contribution in [-0.2, 0) is 14.8 Å². The average molecular weight is 310 g/mol. The van der Waals surface area contributed by atoms with Crippen LogP contribution < -0.4 is 5.32 Å². The van der Waals surface area contributed by atoms with Crippen molar-refractivity contribution in [1.29, 1.82) is 0 Å². The predicted molar refractivity (Wildman–Crippen MR) is 81.4 cm³/mol. The molecule has 0 bridgehead atoms. The third kappa shape index (κ3) is 2.96. The Morgan fingerprint density at radius 1 is 1.29 bits per heavy atom. The van der Waals surface area contributed by atoms with Crippen LogP contribution >= 0.6 is 0 Å². The number of nitrogens with zero attached hydrogens (tertiary/aromatic N) is 1. The van der Waals surface area contributed by atoms with Gasteiger partial charge in [-0.05, 0) is 37.0 Å². The molecule has 0 spiro atoms. The van der Waals surface area contributed by atoms with Crippen molar-refractivity contribution in [2.24, 2.45) is 5.92 Å². The summed E-state index contributed by atoms with van der Waals surface area (Å²) in [4.78, 5) is 12.4. The summed E-state index contributed by atoms with van der Waals surface area (Å²) in [5.74, 6) is -0.296. The summed E-state index contributed by atoms with van der Waals surface area (Å²) in [5, 5.41) is 2.75. The van der Waals surface area contributed by atoms with Crippen molar-refractivity contribution in [3.05, 3.63) is 29.3 Å². The number of aryl methyl sites for hydroxylation is 2. The third-order valence-electron chi connectivity index (χ3n) is 3.77. The Kier molecular flexibility index (Phi) is 4.39. The standard InChI is InChI=1S/C15H22N2O3S/c1-10(2)14-15(18)16-7-8-17(14)21(19,20)13-9-11(3)5-6-12(13)4/h5-6,9-10,14H,7-8H2,1-4H3,(H,16,18). The topological polar surface area (TPSA) is 66.5 Å². The molecule has 1 amide bonds. The molecule has 1 heterocycles. The lowest BCUT2D eigenvalue weighted by Crippen LogP contribution is -2.59. The van der Waals surface area contributed by atoms with Gasteiger partial charge < -0.3 is 5.32 Å². The molecule has 1 saturated heterocycles. The largest absolute Gasteiger partial charge is 0.353 e. The summed E-state index contributed by atoms with van der Waals surface area (Å²) in [7, 11) is -3.67. The molecule has 0 saturated carbocycles. The van der Waals surface area contributed by atoms with E-state index in [0.717, 1.165) is 5.56 Å². The van der Waals surface area contributed by atoms with Gasteiger partial charge in [0.05, 0.1) is 4.90 Å². The maximum Gasteiger partial charge on any atom is 0.244 e. The fourth-order valence-corrected chi connectivity index (χ4v) is 4.71. The van der Waals surface area contributed by atoms with Gasteiger partial charge in [-0.2, -0.15) is 4.31 Å². The van der Waals surface area contributed by atoms with Crippen molar-refractivity contribution >= 4 is 15.9 Å². The Morgan fingerprint density at radius 2 is 1.95 bits per heavy atom. The van der Waals surface area contributed by atoms with Gasteiger partial charge in [0, 0.05) is 13.1 Å². The van der Waals surface area contributed by atoms with Crippen molar-refractivity contribution in [1.82, 2.24) is 9.62 Å². The van der Waals surface area contributed by atoms with Crippen molar-refractivity contribution in [2.45, 2.75) is 38.6 Å². The second-order valence-electron chi connectivity index (χ2n) is 5.86. The molecule has 1 atom stereocenters. The van der Waals surface area contributed by atoms with E-state index in [2.05, 4.69) is 5.32 Å². The molecular weight excluding hydrogens is 288 g/mol. The molecule has 0 radical (unpaired) electrons. The second kappa shape index (κ2) is 5.77. The number of nitrogens with one attached hydrogen (secondary N) is 1. The van der Waals surface area contributed by atoms with Gasteiger partial charge in [-0.1, -0.05) is 26.0 Å². The summed E-state index contributed by atoms with van der Waals surface area (Å²) in [6, 6.07) is 4.71. The minimum absolute atomic E-state index is 0.0785. The Balaban J connectivity index is 2.51. The van der Waals surface area contributed by atoms with Gasteiger partial charge in [-0.15, -0.1) is 0 Å². The first-order valence-corrected chi connectivity index (χ1v) is 8.56. The molecule has 21 heavy (non-hydrogen) atoms. The van der Waals surface area contributed by atoms with Crippen molar-refractivity contribution < 1.29 is 13.2 Å². The van der Waals surface area contributed by atoms with Gasteiger partial charge in [0.15, 0.2) is 0 Å². The van der Waals surface area contributed by atoms with Crippen LogP contribution in [0.15, 0.2) is 23.1 Å². The van der Waals surface area contributed by atoms with E-state index in [1.165, 1.54) is 4.31 Å². The van der Waals surface area contributed by atoms with Gasteiger partial charge >= 0.3 is 0 Å². The van der Waals surface area contributed by atoms with Crippen LogP contribution in [0.5, 0.6) is 0 Å². The Hall–Kier alpha value is -1.40. The molecular formula is C15H22N2O3S. The Bertz CT molecular complexity index is 653. The summed E-state index contributed by atoms with van der Waals surface area (Å²) in [5.41, 5.74) is 1.59. The van der Waals surface area contributed by atoms with E-state index in [1.54, 1.807) is 19.1 Å². The van der Waals surface area contributed by atoms with Crippen LogP contribution in [0.25, 0.3) is 0 Å². The fraction of sp³-hybridized carbons (Fsp3) is 0.533. The van der Waals surface area contributed by atoms with Crippen molar-refractivity contribution in [2.75, 3.05) is 13.1 Å². The number of hydrogen-bond acceptors (Lipinski definition) is 3. The van der Waals surface area contributed by atoms with Crippen LogP contribution in [0, 0.1) is 19.8 Å². The molecule has 1 fully saturated rings. The molecule has 1 N–H and O–H groups in total. The van der Waals surface area contributed by atoms with Gasteiger partial charge in [-0.25, -0.2) is 8.42 Å². The maximum absolute atomic E-state index is 13.0. The highest BCUT2D eigenvalue weighted by Crippen LogP contribution is 2.26. The molecule has 1 unspecified atom stereocenters. The average Bonchev–Trinajstić information content (AvgIpc) is 2.40. The number of amides is 1. The van der Waals surface area contributed by atoms with Gasteiger partial charge in [0.2, 0.25) is 15.9 Å². The first kappa shape index (κ1) is 16.0. The lowest BCUT2D eigenvalue weighted by Gasteiger charge is -2.36. The van der Waals surface area contributed by atoms with Crippen molar-refractivity contribution in [3.8, 4) is 0 Å². The zero-order valence-electron chi connectivity index (χ0n) is 12.9. The van der Waals surface area contributed by atoms with Gasteiger partial charge in [0.1, 0.15) is 6.04 Å². The lowest BCUT2D eigenvalue weighted by molar-refractivity contribution is -0.128. The maximum atomic E-state index is 13.0. The van der Waals surface area contributed by atoms with E-state index in [4.69, 9.17) is 0 Å². The number of carbonyl (C=O) groups is 1. The van der Waals surface area contributed by atoms with Crippen LogP contribution in [0.3, 0.4) is 0 Å². The van der Waals surface area contributed by atoms with E-state index < -0.39 is 16.1 Å². The van der Waals surface area contributed by atoms with E-state index in [0.29, 0.717) is 23.5 Å². The summed E-state index contributed by atoms with van der Waals surface area (Å²) in [6.07, 6.45) is 0. The highest BCUT2D eigenvalue weighted by Gasteiger charge is 2.40. The SMILES string of the molecule is Cc1ccc(C)c(S(=O)(=O)N2CCNC(=O)C2C(C)C)c1. The Morgan fingerprint density at radius 3 is 2.57 bits per heavy atom. The van der Waals surface area contributed by atoms with Crippen LogP contribution in [-0.4, -0.2) is 37.8 Å². The fourth-order valence-electron chi connectivity index (χ4n) is 2.68. The number of carbonyl (C=O) groups excluding carboxylic acids is 1. The second-order valence-corrected chi connectivity index (χ2v) is 7.72. The predicted octanol–water partition coefficient (Wildman–Crippen LogP) is 1.45. The van der Waals surface area contributed by atoms with E-state index in [1.807, 2.05) is 26.8 Å². The zero-order chi connectivity index (χ0) is 15.8. The van der Waals surface area contributed by atoms with Crippen molar-refractivity contribution in [3.63, 3.8) is 0 Å². The summed E-state index contributed by atoms with van der Waals surface area (Å²) in [6.45, 7) is 8.03. The highest BCUT2D eigenvalue weighted by atomic mass is 32.2. The normalized spacial score (nSPS) is 20.6. The quantitative estimate of drug-likeness (QED) is 0.919. The van der Waals surface area contributed by atoms with Crippen LogP contribution in [0.4, 0.5) is 0 Å². The number of sulfonamides is 1. The molecule has 5 nitrogen and oxygen atoms in total. The first-order valence-electron chi connectivity index (χ1n) is 7.12. The smallest absolute Gasteiger partial charge is 0.244 e. The number of rotatable bonds is 3. The Labute approximate surface area is 126 Å². The molecule has 2 rings (SSSR count). The molecule has 116 valence electrons. The summed E-state index contributed by atoms with van der Waals surface area (Å²) >= 11 is 0. The molecule has 6 heteroatoms. The minimum atomic E-state index is -3.67.